The third-order valence-corrected chi connectivity index (χ3v) is 3.12. The average molecular weight is 254 g/mol. The molecule has 1 aliphatic heterocycles. The lowest BCUT2D eigenvalue weighted by molar-refractivity contribution is 0.103. The van der Waals surface area contributed by atoms with Crippen LogP contribution in [-0.2, 0) is 0 Å². The molecule has 0 aliphatic carbocycles. The molecule has 2 aromatic carbocycles. The van der Waals surface area contributed by atoms with E-state index in [0.717, 1.165) is 5.56 Å². The lowest BCUT2D eigenvalue weighted by Gasteiger charge is -2.18. The average Bonchev–Trinajstić information content (AvgIpc) is 2.47. The fourth-order valence-corrected chi connectivity index (χ4v) is 2.06. The second-order valence-electron chi connectivity index (χ2n) is 4.55. The Morgan fingerprint density at radius 3 is 2.26 bits per heavy atom. The number of ketones is 1. The molecule has 0 radical (unpaired) electrons. The Morgan fingerprint density at radius 2 is 1.53 bits per heavy atom. The summed E-state index contributed by atoms with van der Waals surface area (Å²) in [4.78, 5) is 12.3. The predicted molar refractivity (Wildman–Crippen MR) is 72.0 cm³/mol. The predicted octanol–water partition coefficient (Wildman–Crippen LogP) is 3.00. The third-order valence-electron chi connectivity index (χ3n) is 3.12. The third kappa shape index (κ3) is 2.32. The van der Waals surface area contributed by atoms with Crippen LogP contribution in [0, 0.1) is 6.92 Å². The molecule has 3 rings (SSSR count). The van der Waals surface area contributed by atoms with Crippen LogP contribution in [0.2, 0.25) is 0 Å². The van der Waals surface area contributed by atoms with Gasteiger partial charge in [0.25, 0.3) is 0 Å². The smallest absolute Gasteiger partial charge is 0.193 e. The lowest BCUT2D eigenvalue weighted by atomic mass is 10.0. The van der Waals surface area contributed by atoms with Crippen molar-refractivity contribution in [2.75, 3.05) is 13.2 Å². The first kappa shape index (κ1) is 11.8. The van der Waals surface area contributed by atoms with Gasteiger partial charge < -0.3 is 9.47 Å². The number of fused-ring (bicyclic) bond motifs is 1. The van der Waals surface area contributed by atoms with Crippen LogP contribution in [0.4, 0.5) is 0 Å². The minimum absolute atomic E-state index is 0.00280. The zero-order chi connectivity index (χ0) is 13.2. The number of ether oxygens (including phenoxy) is 2. The summed E-state index contributed by atoms with van der Waals surface area (Å²) < 4.78 is 10.9. The highest BCUT2D eigenvalue weighted by molar-refractivity contribution is 6.09. The molecule has 0 bridgehead atoms. The SMILES string of the molecule is Cc1ccc(C(=O)c2ccc3c(c2)OCCO3)cc1. The van der Waals surface area contributed by atoms with E-state index < -0.39 is 0 Å². The summed E-state index contributed by atoms with van der Waals surface area (Å²) in [7, 11) is 0. The standard InChI is InChI=1S/C16H14O3/c1-11-2-4-12(5-3-11)16(17)13-6-7-14-15(10-13)19-9-8-18-14/h2-7,10H,8-9H2,1H3. The molecule has 0 saturated carbocycles. The molecular formula is C16H14O3. The molecule has 19 heavy (non-hydrogen) atoms. The van der Waals surface area contributed by atoms with E-state index in [1.165, 1.54) is 0 Å². The number of aryl methyl sites for hydroxylation is 1. The largest absolute Gasteiger partial charge is 0.486 e. The van der Waals surface area contributed by atoms with Gasteiger partial charge in [0.2, 0.25) is 0 Å². The highest BCUT2D eigenvalue weighted by Gasteiger charge is 2.15. The van der Waals surface area contributed by atoms with Crippen molar-refractivity contribution in [1.82, 2.24) is 0 Å². The van der Waals surface area contributed by atoms with Gasteiger partial charge in [-0.3, -0.25) is 4.79 Å². The van der Waals surface area contributed by atoms with E-state index in [9.17, 15) is 4.79 Å². The maximum atomic E-state index is 12.3. The highest BCUT2D eigenvalue weighted by Crippen LogP contribution is 2.31. The van der Waals surface area contributed by atoms with Gasteiger partial charge >= 0.3 is 0 Å². The molecule has 0 unspecified atom stereocenters. The number of carbonyl (C=O) groups is 1. The minimum Gasteiger partial charge on any atom is -0.486 e. The van der Waals surface area contributed by atoms with Crippen LogP contribution in [-0.4, -0.2) is 19.0 Å². The number of hydrogen-bond acceptors (Lipinski definition) is 3. The van der Waals surface area contributed by atoms with Gasteiger partial charge in [-0.1, -0.05) is 29.8 Å². The molecule has 0 amide bonds. The van der Waals surface area contributed by atoms with E-state index in [1.54, 1.807) is 18.2 Å². The van der Waals surface area contributed by atoms with Crippen LogP contribution in [0.25, 0.3) is 0 Å². The zero-order valence-corrected chi connectivity index (χ0v) is 10.7. The van der Waals surface area contributed by atoms with Crippen LogP contribution >= 0.6 is 0 Å². The Hall–Kier alpha value is -2.29. The van der Waals surface area contributed by atoms with Gasteiger partial charge in [-0.25, -0.2) is 0 Å². The minimum atomic E-state index is -0.00280. The second-order valence-corrected chi connectivity index (χ2v) is 4.55. The van der Waals surface area contributed by atoms with Crippen LogP contribution in [0.5, 0.6) is 11.5 Å². The van der Waals surface area contributed by atoms with E-state index >= 15 is 0 Å². The first-order valence-corrected chi connectivity index (χ1v) is 6.25. The molecule has 0 atom stereocenters. The fraction of sp³-hybridized carbons (Fsp3) is 0.188. The number of benzene rings is 2. The summed E-state index contributed by atoms with van der Waals surface area (Å²) in [6.07, 6.45) is 0. The molecule has 0 aromatic heterocycles. The Morgan fingerprint density at radius 1 is 0.895 bits per heavy atom. The van der Waals surface area contributed by atoms with E-state index in [-0.39, 0.29) is 5.78 Å². The fourth-order valence-electron chi connectivity index (χ4n) is 2.06. The second kappa shape index (κ2) is 4.76. The molecule has 1 aliphatic rings. The van der Waals surface area contributed by atoms with Crippen LogP contribution < -0.4 is 9.47 Å². The summed E-state index contributed by atoms with van der Waals surface area (Å²) in [5, 5.41) is 0. The Labute approximate surface area is 111 Å². The summed E-state index contributed by atoms with van der Waals surface area (Å²) in [6.45, 7) is 3.08. The zero-order valence-electron chi connectivity index (χ0n) is 10.7. The monoisotopic (exact) mass is 254 g/mol. The van der Waals surface area contributed by atoms with Gasteiger partial charge in [-0.05, 0) is 25.1 Å². The Kier molecular flexibility index (Phi) is 2.95. The molecule has 0 spiro atoms. The van der Waals surface area contributed by atoms with Gasteiger partial charge in [0.05, 0.1) is 0 Å². The summed E-state index contributed by atoms with van der Waals surface area (Å²) >= 11 is 0. The van der Waals surface area contributed by atoms with Gasteiger partial charge in [0.1, 0.15) is 13.2 Å². The van der Waals surface area contributed by atoms with Crippen molar-refractivity contribution < 1.29 is 14.3 Å². The molecule has 96 valence electrons. The van der Waals surface area contributed by atoms with Crippen LogP contribution in [0.3, 0.4) is 0 Å². The Balaban J connectivity index is 1.93. The first-order valence-electron chi connectivity index (χ1n) is 6.25. The molecule has 2 aromatic rings. The van der Waals surface area contributed by atoms with Crippen molar-refractivity contribution in [3.05, 3.63) is 59.2 Å². The van der Waals surface area contributed by atoms with Gasteiger partial charge in [0.15, 0.2) is 17.3 Å². The molecule has 0 N–H and O–H groups in total. The van der Waals surface area contributed by atoms with Crippen molar-refractivity contribution in [3.8, 4) is 11.5 Å². The molecule has 1 heterocycles. The molecule has 3 heteroatoms. The van der Waals surface area contributed by atoms with Crippen LogP contribution in [0.15, 0.2) is 42.5 Å². The lowest BCUT2D eigenvalue weighted by Crippen LogP contribution is -2.15. The van der Waals surface area contributed by atoms with Gasteiger partial charge in [-0.2, -0.15) is 0 Å². The van der Waals surface area contributed by atoms with E-state index in [4.69, 9.17) is 9.47 Å². The quantitative estimate of drug-likeness (QED) is 0.773. The summed E-state index contributed by atoms with van der Waals surface area (Å²) in [5.74, 6) is 1.34. The van der Waals surface area contributed by atoms with Crippen molar-refractivity contribution >= 4 is 5.78 Å². The molecule has 0 fully saturated rings. The first-order chi connectivity index (χ1) is 9.24. The maximum absolute atomic E-state index is 12.3. The van der Waals surface area contributed by atoms with E-state index in [1.807, 2.05) is 31.2 Å². The number of rotatable bonds is 2. The summed E-state index contributed by atoms with van der Waals surface area (Å²) in [5.41, 5.74) is 2.44. The van der Waals surface area contributed by atoms with E-state index in [2.05, 4.69) is 0 Å². The number of hydrogen-bond donors (Lipinski definition) is 0. The van der Waals surface area contributed by atoms with Crippen molar-refractivity contribution in [2.45, 2.75) is 6.92 Å². The van der Waals surface area contributed by atoms with Crippen molar-refractivity contribution in [1.29, 1.82) is 0 Å². The topological polar surface area (TPSA) is 35.5 Å². The maximum Gasteiger partial charge on any atom is 0.193 e. The Bertz CT molecular complexity index is 614. The number of carbonyl (C=O) groups excluding carboxylic acids is 1. The molecule has 0 saturated heterocycles. The summed E-state index contributed by atoms with van der Waals surface area (Å²) in [6, 6.07) is 12.9. The van der Waals surface area contributed by atoms with Crippen molar-refractivity contribution in [3.63, 3.8) is 0 Å². The van der Waals surface area contributed by atoms with Crippen molar-refractivity contribution in [2.24, 2.45) is 0 Å². The molecule has 3 nitrogen and oxygen atoms in total. The highest BCUT2D eigenvalue weighted by atomic mass is 16.6. The normalized spacial score (nSPS) is 13.1. The van der Waals surface area contributed by atoms with Gasteiger partial charge in [0, 0.05) is 11.1 Å². The van der Waals surface area contributed by atoms with Crippen LogP contribution in [0.1, 0.15) is 21.5 Å². The van der Waals surface area contributed by atoms with E-state index in [0.29, 0.717) is 35.8 Å². The van der Waals surface area contributed by atoms with Gasteiger partial charge in [-0.15, -0.1) is 0 Å². The molecular weight excluding hydrogens is 240 g/mol.